The summed E-state index contributed by atoms with van der Waals surface area (Å²) in [5.74, 6) is -2.03. The van der Waals surface area contributed by atoms with E-state index in [9.17, 15) is 28.3 Å². The molecule has 0 amide bonds. The lowest BCUT2D eigenvalue weighted by atomic mass is 10.2. The van der Waals surface area contributed by atoms with Crippen molar-refractivity contribution in [3.63, 3.8) is 0 Å². The first-order valence-electron chi connectivity index (χ1n) is 6.53. The summed E-state index contributed by atoms with van der Waals surface area (Å²) < 4.78 is 37.4. The SMILES string of the molecule is CCCC(=O)OC1OC(n2cc(F)c(=O)[nH]c2=O)C(F)C1O. The molecule has 10 heteroatoms. The van der Waals surface area contributed by atoms with Crippen LogP contribution in [-0.2, 0) is 14.3 Å². The van der Waals surface area contributed by atoms with Gasteiger partial charge in [-0.05, 0) is 6.42 Å². The van der Waals surface area contributed by atoms with Gasteiger partial charge in [0.15, 0.2) is 18.5 Å². The minimum absolute atomic E-state index is 0.0431. The highest BCUT2D eigenvalue weighted by Gasteiger charge is 2.47. The van der Waals surface area contributed by atoms with E-state index in [4.69, 9.17) is 9.47 Å². The van der Waals surface area contributed by atoms with E-state index < -0.39 is 47.8 Å². The van der Waals surface area contributed by atoms with E-state index in [-0.39, 0.29) is 6.42 Å². The zero-order chi connectivity index (χ0) is 16.4. The monoisotopic (exact) mass is 320 g/mol. The van der Waals surface area contributed by atoms with Crippen molar-refractivity contribution < 1.29 is 28.2 Å². The van der Waals surface area contributed by atoms with Gasteiger partial charge in [0.25, 0.3) is 5.56 Å². The Balaban J connectivity index is 2.23. The molecule has 22 heavy (non-hydrogen) atoms. The van der Waals surface area contributed by atoms with Crippen molar-refractivity contribution in [2.45, 2.75) is 44.6 Å². The van der Waals surface area contributed by atoms with Crippen LogP contribution in [-0.4, -0.2) is 39.2 Å². The molecule has 4 atom stereocenters. The summed E-state index contributed by atoms with van der Waals surface area (Å²) in [5.41, 5.74) is -2.38. The molecule has 1 aromatic heterocycles. The van der Waals surface area contributed by atoms with Crippen LogP contribution in [0.1, 0.15) is 26.0 Å². The molecule has 0 aromatic carbocycles. The van der Waals surface area contributed by atoms with Gasteiger partial charge < -0.3 is 14.6 Å². The van der Waals surface area contributed by atoms with Crippen LogP contribution in [0.25, 0.3) is 0 Å². The lowest BCUT2D eigenvalue weighted by Gasteiger charge is -2.15. The fraction of sp³-hybridized carbons (Fsp3) is 0.583. The van der Waals surface area contributed by atoms with Crippen LogP contribution >= 0.6 is 0 Å². The number of esters is 1. The summed E-state index contributed by atoms with van der Waals surface area (Å²) in [6.45, 7) is 1.72. The van der Waals surface area contributed by atoms with Crippen LogP contribution in [0.15, 0.2) is 15.8 Å². The van der Waals surface area contributed by atoms with E-state index in [0.29, 0.717) is 17.2 Å². The van der Waals surface area contributed by atoms with E-state index in [1.165, 1.54) is 0 Å². The predicted octanol–water partition coefficient (Wildman–Crippen LogP) is -0.427. The van der Waals surface area contributed by atoms with E-state index in [0.717, 1.165) is 0 Å². The summed E-state index contributed by atoms with van der Waals surface area (Å²) in [5, 5.41) is 9.66. The number of alkyl halides is 1. The molecular formula is C12H14F2N2O6. The normalized spacial score (nSPS) is 27.8. The van der Waals surface area contributed by atoms with Gasteiger partial charge in [-0.2, -0.15) is 4.39 Å². The topological polar surface area (TPSA) is 111 Å². The maximum Gasteiger partial charge on any atom is 0.330 e. The first-order valence-corrected chi connectivity index (χ1v) is 6.53. The average Bonchev–Trinajstić information content (AvgIpc) is 2.71. The maximum atomic E-state index is 14.0. The van der Waals surface area contributed by atoms with E-state index >= 15 is 0 Å². The molecule has 4 unspecified atom stereocenters. The molecule has 2 heterocycles. The van der Waals surface area contributed by atoms with Gasteiger partial charge in [-0.15, -0.1) is 0 Å². The zero-order valence-electron chi connectivity index (χ0n) is 11.5. The third-order valence-electron chi connectivity index (χ3n) is 3.05. The van der Waals surface area contributed by atoms with Gasteiger partial charge in [0.1, 0.15) is 0 Å². The Bertz CT molecular complexity index is 672. The Labute approximate surface area is 122 Å². The minimum atomic E-state index is -2.15. The number of halogens is 2. The van der Waals surface area contributed by atoms with Crippen molar-refractivity contribution in [3.8, 4) is 0 Å². The van der Waals surface area contributed by atoms with Crippen LogP contribution in [0.3, 0.4) is 0 Å². The molecule has 1 aliphatic rings. The Morgan fingerprint density at radius 3 is 2.86 bits per heavy atom. The number of rotatable bonds is 4. The second kappa shape index (κ2) is 6.36. The Kier molecular flexibility index (Phi) is 4.71. The Morgan fingerprint density at radius 1 is 1.55 bits per heavy atom. The molecular weight excluding hydrogens is 306 g/mol. The smallest absolute Gasteiger partial charge is 0.330 e. The van der Waals surface area contributed by atoms with Gasteiger partial charge in [0, 0.05) is 6.42 Å². The number of carbonyl (C=O) groups is 1. The third kappa shape index (κ3) is 3.07. The van der Waals surface area contributed by atoms with E-state index in [1.54, 1.807) is 11.9 Å². The van der Waals surface area contributed by atoms with Crippen LogP contribution in [0, 0.1) is 5.82 Å². The molecule has 1 fully saturated rings. The summed E-state index contributed by atoms with van der Waals surface area (Å²) in [6.07, 6.45) is -6.36. The summed E-state index contributed by atoms with van der Waals surface area (Å²) in [7, 11) is 0. The average molecular weight is 320 g/mol. The number of H-pyrrole nitrogens is 1. The number of nitrogens with zero attached hydrogens (tertiary/aromatic N) is 1. The molecule has 0 saturated carbocycles. The Hall–Kier alpha value is -2.07. The minimum Gasteiger partial charge on any atom is -0.433 e. The van der Waals surface area contributed by atoms with Crippen LogP contribution in [0.2, 0.25) is 0 Å². The number of hydrogen-bond donors (Lipinski definition) is 2. The highest BCUT2D eigenvalue weighted by molar-refractivity contribution is 5.69. The van der Waals surface area contributed by atoms with Crippen molar-refractivity contribution in [1.82, 2.24) is 9.55 Å². The lowest BCUT2D eigenvalue weighted by Crippen LogP contribution is -2.37. The number of ether oxygens (including phenoxy) is 2. The van der Waals surface area contributed by atoms with Crippen LogP contribution in [0.4, 0.5) is 8.78 Å². The fourth-order valence-corrected chi connectivity index (χ4v) is 1.97. The van der Waals surface area contributed by atoms with Crippen molar-refractivity contribution in [3.05, 3.63) is 32.9 Å². The largest absolute Gasteiger partial charge is 0.433 e. The van der Waals surface area contributed by atoms with Crippen molar-refractivity contribution >= 4 is 5.97 Å². The van der Waals surface area contributed by atoms with Gasteiger partial charge in [-0.3, -0.25) is 19.1 Å². The van der Waals surface area contributed by atoms with Crippen LogP contribution < -0.4 is 11.2 Å². The molecule has 0 radical (unpaired) electrons. The first kappa shape index (κ1) is 16.3. The quantitative estimate of drug-likeness (QED) is 0.729. The van der Waals surface area contributed by atoms with Crippen molar-refractivity contribution in [2.75, 3.05) is 0 Å². The molecule has 0 bridgehead atoms. The van der Waals surface area contributed by atoms with Crippen molar-refractivity contribution in [1.29, 1.82) is 0 Å². The molecule has 2 rings (SSSR count). The maximum absolute atomic E-state index is 14.0. The number of aromatic nitrogens is 2. The predicted molar refractivity (Wildman–Crippen MR) is 67.1 cm³/mol. The Morgan fingerprint density at radius 2 is 2.23 bits per heavy atom. The molecule has 0 spiro atoms. The summed E-state index contributed by atoms with van der Waals surface area (Å²) in [6, 6.07) is 0. The highest BCUT2D eigenvalue weighted by Crippen LogP contribution is 2.31. The number of aromatic amines is 1. The van der Waals surface area contributed by atoms with Crippen LogP contribution in [0.5, 0.6) is 0 Å². The molecule has 0 aliphatic carbocycles. The lowest BCUT2D eigenvalue weighted by molar-refractivity contribution is -0.193. The summed E-state index contributed by atoms with van der Waals surface area (Å²) in [4.78, 5) is 35.5. The molecule has 1 aromatic rings. The first-order chi connectivity index (χ1) is 10.3. The fourth-order valence-electron chi connectivity index (χ4n) is 1.97. The van der Waals surface area contributed by atoms with Gasteiger partial charge in [-0.25, -0.2) is 9.18 Å². The standard InChI is InChI=1S/C12H14F2N2O6/c1-2-3-6(17)21-11-8(18)7(14)10(22-11)16-4-5(13)9(19)15-12(16)20/h4,7-8,10-11,18H,2-3H2,1H3,(H,15,19,20). The highest BCUT2D eigenvalue weighted by atomic mass is 19.1. The molecule has 8 nitrogen and oxygen atoms in total. The second-order valence-corrected chi connectivity index (χ2v) is 4.71. The molecule has 2 N–H and O–H groups in total. The summed E-state index contributed by atoms with van der Waals surface area (Å²) >= 11 is 0. The van der Waals surface area contributed by atoms with E-state index in [1.807, 2.05) is 0 Å². The molecule has 122 valence electrons. The second-order valence-electron chi connectivity index (χ2n) is 4.71. The third-order valence-corrected chi connectivity index (χ3v) is 3.05. The van der Waals surface area contributed by atoms with Gasteiger partial charge in [0.2, 0.25) is 12.1 Å². The number of hydrogen-bond acceptors (Lipinski definition) is 6. The number of carbonyl (C=O) groups excluding carboxylic acids is 1. The van der Waals surface area contributed by atoms with Gasteiger partial charge >= 0.3 is 11.7 Å². The molecule has 1 saturated heterocycles. The molecule has 1 aliphatic heterocycles. The number of aliphatic hydroxyl groups excluding tert-OH is 1. The number of nitrogens with one attached hydrogen (secondary N) is 1. The number of aliphatic hydroxyl groups is 1. The zero-order valence-corrected chi connectivity index (χ0v) is 11.5. The van der Waals surface area contributed by atoms with Gasteiger partial charge in [0.05, 0.1) is 6.20 Å². The van der Waals surface area contributed by atoms with Gasteiger partial charge in [-0.1, -0.05) is 6.92 Å². The van der Waals surface area contributed by atoms with E-state index in [2.05, 4.69) is 0 Å². The van der Waals surface area contributed by atoms with Crippen molar-refractivity contribution in [2.24, 2.45) is 0 Å².